The first-order chi connectivity index (χ1) is 13.7. The van der Waals surface area contributed by atoms with E-state index in [1.165, 1.54) is 7.11 Å². The van der Waals surface area contributed by atoms with Crippen LogP contribution in [0.4, 0.5) is 0 Å². The lowest BCUT2D eigenvalue weighted by Gasteiger charge is -2.12. The highest BCUT2D eigenvalue weighted by Gasteiger charge is 2.24. The average molecular weight is 390 g/mol. The highest BCUT2D eigenvalue weighted by Crippen LogP contribution is 2.35. The summed E-state index contributed by atoms with van der Waals surface area (Å²) in [6.07, 6.45) is 12.0. The summed E-state index contributed by atoms with van der Waals surface area (Å²) in [4.78, 5) is 20.7. The molecule has 0 spiro atoms. The van der Waals surface area contributed by atoms with Crippen molar-refractivity contribution < 1.29 is 13.9 Å². The van der Waals surface area contributed by atoms with Crippen molar-refractivity contribution in [3.8, 4) is 22.1 Å². The van der Waals surface area contributed by atoms with Gasteiger partial charge in [-0.05, 0) is 36.4 Å². The number of esters is 1. The fraction of sp³-hybridized carbons (Fsp3) is 0.0909. The number of nitrogens with zero attached hydrogens (tertiary/aromatic N) is 2. The van der Waals surface area contributed by atoms with Crippen LogP contribution in [0.15, 0.2) is 83.6 Å². The van der Waals surface area contributed by atoms with E-state index in [1.807, 2.05) is 79.2 Å². The number of aromatic nitrogens is 1. The number of allylic oxidation sites excluding steroid dienone is 4. The molecule has 5 nitrogen and oxygen atoms in total. The van der Waals surface area contributed by atoms with E-state index < -0.39 is 5.97 Å². The van der Waals surface area contributed by atoms with E-state index in [0.717, 1.165) is 21.9 Å². The van der Waals surface area contributed by atoms with Gasteiger partial charge in [0.05, 0.1) is 18.5 Å². The molecule has 28 heavy (non-hydrogen) atoms. The van der Waals surface area contributed by atoms with Crippen molar-refractivity contribution in [1.82, 2.24) is 9.88 Å². The summed E-state index contributed by atoms with van der Waals surface area (Å²) in [5.74, 6) is 0.321. The lowest BCUT2D eigenvalue weighted by molar-refractivity contribution is 0.0595. The number of carbonyl (C=O) groups excluding carboxylic acids is 1. The zero-order chi connectivity index (χ0) is 19.3. The van der Waals surface area contributed by atoms with Crippen molar-refractivity contribution >= 4 is 17.3 Å². The first-order valence-electron chi connectivity index (χ1n) is 8.75. The molecule has 0 N–H and O–H groups in total. The van der Waals surface area contributed by atoms with Crippen LogP contribution in [0.1, 0.15) is 15.4 Å². The smallest absolute Gasteiger partial charge is 0.360 e. The third kappa shape index (κ3) is 3.82. The van der Waals surface area contributed by atoms with E-state index in [9.17, 15) is 4.79 Å². The van der Waals surface area contributed by atoms with Crippen LogP contribution in [0.5, 0.6) is 0 Å². The molecule has 0 saturated heterocycles. The molecular weight excluding hydrogens is 372 g/mol. The fourth-order valence-electron chi connectivity index (χ4n) is 2.80. The minimum Gasteiger partial charge on any atom is -0.464 e. The Morgan fingerprint density at radius 3 is 2.54 bits per heavy atom. The Labute approximate surface area is 166 Å². The summed E-state index contributed by atoms with van der Waals surface area (Å²) in [6.45, 7) is 0.729. The molecule has 0 bridgehead atoms. The quantitative estimate of drug-likeness (QED) is 0.557. The Kier molecular flexibility index (Phi) is 5.21. The number of carbonyl (C=O) groups is 1. The van der Waals surface area contributed by atoms with Gasteiger partial charge in [0, 0.05) is 22.8 Å². The molecular formula is C22H18N2O3S. The SMILES string of the molecule is COC(=O)c1nc(-c2ccccc2)oc1-c1ccc(CN2C=CC=CC=C2)s1. The average Bonchev–Trinajstić information content (AvgIpc) is 3.29. The first kappa shape index (κ1) is 18.0. The third-order valence-electron chi connectivity index (χ3n) is 4.14. The van der Waals surface area contributed by atoms with E-state index >= 15 is 0 Å². The zero-order valence-electron chi connectivity index (χ0n) is 15.2. The Balaban J connectivity index is 1.66. The molecule has 0 fully saturated rings. The summed E-state index contributed by atoms with van der Waals surface area (Å²) in [5.41, 5.74) is 0.997. The number of hydrogen-bond acceptors (Lipinski definition) is 6. The fourth-order valence-corrected chi connectivity index (χ4v) is 3.79. The van der Waals surface area contributed by atoms with Gasteiger partial charge in [-0.15, -0.1) is 11.3 Å². The topological polar surface area (TPSA) is 55.6 Å². The second kappa shape index (κ2) is 8.10. The number of thiophene rings is 1. The van der Waals surface area contributed by atoms with E-state index in [4.69, 9.17) is 9.15 Å². The van der Waals surface area contributed by atoms with E-state index in [2.05, 4.69) is 9.88 Å². The van der Waals surface area contributed by atoms with Crippen LogP contribution < -0.4 is 0 Å². The summed E-state index contributed by atoms with van der Waals surface area (Å²) in [7, 11) is 1.34. The van der Waals surface area contributed by atoms with Crippen molar-refractivity contribution in [3.63, 3.8) is 0 Å². The summed E-state index contributed by atoms with van der Waals surface area (Å²) >= 11 is 1.57. The van der Waals surface area contributed by atoms with Gasteiger partial charge >= 0.3 is 5.97 Å². The molecule has 0 aliphatic carbocycles. The van der Waals surface area contributed by atoms with Crippen LogP contribution in [0.2, 0.25) is 0 Å². The van der Waals surface area contributed by atoms with Gasteiger partial charge in [-0.25, -0.2) is 9.78 Å². The maximum Gasteiger partial charge on any atom is 0.360 e. The normalized spacial score (nSPS) is 13.0. The number of oxazole rings is 1. The van der Waals surface area contributed by atoms with Crippen LogP contribution in [0.3, 0.4) is 0 Å². The maximum absolute atomic E-state index is 12.2. The van der Waals surface area contributed by atoms with Crippen LogP contribution in [0.25, 0.3) is 22.1 Å². The van der Waals surface area contributed by atoms with Gasteiger partial charge in [0.15, 0.2) is 11.5 Å². The van der Waals surface area contributed by atoms with Gasteiger partial charge in [-0.1, -0.05) is 30.4 Å². The number of rotatable bonds is 5. The third-order valence-corrected chi connectivity index (χ3v) is 5.21. The lowest BCUT2D eigenvalue weighted by atomic mass is 10.2. The second-order valence-electron chi connectivity index (χ2n) is 6.06. The molecule has 3 heterocycles. The largest absolute Gasteiger partial charge is 0.464 e. The van der Waals surface area contributed by atoms with E-state index in [-0.39, 0.29) is 5.69 Å². The molecule has 0 radical (unpaired) electrons. The van der Waals surface area contributed by atoms with Crippen molar-refractivity contribution in [2.24, 2.45) is 0 Å². The molecule has 1 aliphatic heterocycles. The van der Waals surface area contributed by atoms with Gasteiger partial charge in [-0.2, -0.15) is 0 Å². The van der Waals surface area contributed by atoms with Crippen molar-refractivity contribution in [2.75, 3.05) is 7.11 Å². The Hall–Kier alpha value is -3.38. The summed E-state index contributed by atoms with van der Waals surface area (Å²) < 4.78 is 10.9. The predicted molar refractivity (Wildman–Crippen MR) is 110 cm³/mol. The number of benzene rings is 1. The number of ether oxygens (including phenoxy) is 1. The molecule has 6 heteroatoms. The van der Waals surface area contributed by atoms with Crippen LogP contribution in [-0.4, -0.2) is 23.0 Å². The molecule has 4 rings (SSSR count). The van der Waals surface area contributed by atoms with Gasteiger partial charge < -0.3 is 14.1 Å². The van der Waals surface area contributed by atoms with Crippen LogP contribution >= 0.6 is 11.3 Å². The first-order valence-corrected chi connectivity index (χ1v) is 9.57. The molecule has 1 aliphatic rings. The molecule has 0 atom stereocenters. The zero-order valence-corrected chi connectivity index (χ0v) is 16.1. The highest BCUT2D eigenvalue weighted by molar-refractivity contribution is 7.15. The monoisotopic (exact) mass is 390 g/mol. The van der Waals surface area contributed by atoms with Crippen molar-refractivity contribution in [1.29, 1.82) is 0 Å². The van der Waals surface area contributed by atoms with Crippen molar-refractivity contribution in [2.45, 2.75) is 6.54 Å². The molecule has 0 saturated carbocycles. The number of hydrogen-bond donors (Lipinski definition) is 0. The molecule has 140 valence electrons. The second-order valence-corrected chi connectivity index (χ2v) is 7.23. The predicted octanol–water partition coefficient (Wildman–Crippen LogP) is 5.26. The molecule has 2 aromatic heterocycles. The number of methoxy groups -OCH3 is 1. The molecule has 0 unspecified atom stereocenters. The van der Waals surface area contributed by atoms with Gasteiger partial charge in [0.1, 0.15) is 0 Å². The standard InChI is InChI=1S/C22H18N2O3S/c1-26-22(25)19-20(27-21(23-19)16-9-5-4-6-10-16)18-12-11-17(28-18)15-24-13-7-2-3-8-14-24/h2-14H,15H2,1H3. The van der Waals surface area contributed by atoms with Crippen molar-refractivity contribution in [3.05, 3.63) is 89.7 Å². The maximum atomic E-state index is 12.2. The summed E-state index contributed by atoms with van der Waals surface area (Å²) in [6, 6.07) is 13.5. The Bertz CT molecular complexity index is 1040. The molecule has 1 aromatic carbocycles. The van der Waals surface area contributed by atoms with Crippen LogP contribution in [-0.2, 0) is 11.3 Å². The Morgan fingerprint density at radius 1 is 1.07 bits per heavy atom. The van der Waals surface area contributed by atoms with Crippen LogP contribution in [0, 0.1) is 0 Å². The molecule has 3 aromatic rings. The molecule has 0 amide bonds. The summed E-state index contributed by atoms with van der Waals surface area (Å²) in [5, 5.41) is 0. The lowest BCUT2D eigenvalue weighted by Crippen LogP contribution is -2.06. The van der Waals surface area contributed by atoms with Gasteiger partial charge in [0.2, 0.25) is 5.89 Å². The Morgan fingerprint density at radius 2 is 1.82 bits per heavy atom. The van der Waals surface area contributed by atoms with E-state index in [0.29, 0.717) is 11.7 Å². The highest BCUT2D eigenvalue weighted by atomic mass is 32.1. The minimum absolute atomic E-state index is 0.188. The van der Waals surface area contributed by atoms with Gasteiger partial charge in [0.25, 0.3) is 0 Å². The minimum atomic E-state index is -0.514. The van der Waals surface area contributed by atoms with E-state index in [1.54, 1.807) is 11.3 Å². The van der Waals surface area contributed by atoms with Gasteiger partial charge in [-0.3, -0.25) is 0 Å².